The topological polar surface area (TPSA) is 12.0 Å². The molecule has 0 saturated heterocycles. The molecule has 0 aromatic carbocycles. The van der Waals surface area contributed by atoms with Crippen molar-refractivity contribution in [1.82, 2.24) is 5.32 Å². The lowest BCUT2D eigenvalue weighted by Gasteiger charge is -2.30. The van der Waals surface area contributed by atoms with Crippen molar-refractivity contribution in [3.05, 3.63) is 0 Å². The maximum Gasteiger partial charge on any atom is 0.00684 e. The van der Waals surface area contributed by atoms with Crippen LogP contribution >= 0.6 is 0 Å². The van der Waals surface area contributed by atoms with Crippen molar-refractivity contribution in [3.63, 3.8) is 0 Å². The highest BCUT2D eigenvalue weighted by Gasteiger charge is 2.27. The smallest absolute Gasteiger partial charge is 0.00684 e. The van der Waals surface area contributed by atoms with Gasteiger partial charge in [0.15, 0.2) is 0 Å². The van der Waals surface area contributed by atoms with Crippen LogP contribution in [-0.2, 0) is 0 Å². The Hall–Kier alpha value is -0.0400. The first-order valence-electron chi connectivity index (χ1n) is 5.79. The number of nitrogens with one attached hydrogen (secondary N) is 1. The minimum atomic E-state index is 0.525. The summed E-state index contributed by atoms with van der Waals surface area (Å²) in [7, 11) is 0. The van der Waals surface area contributed by atoms with E-state index < -0.39 is 0 Å². The molecule has 0 spiro atoms. The average Bonchev–Trinajstić information content (AvgIpc) is 2.83. The fraction of sp³-hybridized carbons (Fsp3) is 1.00. The Labute approximate surface area is 83.3 Å². The predicted octanol–water partition coefficient (Wildman–Crippen LogP) is 3.20. The number of hydrogen-bond acceptors (Lipinski definition) is 1. The molecule has 1 fully saturated rings. The lowest BCUT2D eigenvalue weighted by molar-refractivity contribution is 0.234. The van der Waals surface area contributed by atoms with Gasteiger partial charge in [-0.2, -0.15) is 0 Å². The highest BCUT2D eigenvalue weighted by molar-refractivity contribution is 4.85. The maximum absolute atomic E-state index is 3.65. The molecule has 1 aliphatic rings. The van der Waals surface area contributed by atoms with Crippen LogP contribution in [-0.4, -0.2) is 12.6 Å². The van der Waals surface area contributed by atoms with Crippen molar-refractivity contribution in [3.8, 4) is 0 Å². The van der Waals surface area contributed by atoms with E-state index in [0.29, 0.717) is 5.41 Å². The third-order valence-electron chi connectivity index (χ3n) is 3.15. The highest BCUT2D eigenvalue weighted by atomic mass is 15.0. The molecule has 0 aromatic rings. The predicted molar refractivity (Wildman–Crippen MR) is 58.9 cm³/mol. The van der Waals surface area contributed by atoms with Crippen LogP contribution < -0.4 is 5.32 Å². The summed E-state index contributed by atoms with van der Waals surface area (Å²) in [6.07, 6.45) is 5.46. The van der Waals surface area contributed by atoms with Gasteiger partial charge in [0.05, 0.1) is 0 Å². The van der Waals surface area contributed by atoms with Gasteiger partial charge in [-0.3, -0.25) is 0 Å². The van der Waals surface area contributed by atoms with Crippen molar-refractivity contribution < 1.29 is 0 Å². The van der Waals surface area contributed by atoms with E-state index in [2.05, 4.69) is 33.0 Å². The molecule has 1 N–H and O–H groups in total. The van der Waals surface area contributed by atoms with Crippen LogP contribution in [0.15, 0.2) is 0 Å². The second-order valence-electron chi connectivity index (χ2n) is 5.42. The summed E-state index contributed by atoms with van der Waals surface area (Å²) in [5.41, 5.74) is 0.525. The maximum atomic E-state index is 3.65. The van der Waals surface area contributed by atoms with Gasteiger partial charge in [0.1, 0.15) is 0 Å². The van der Waals surface area contributed by atoms with Crippen LogP contribution in [0.3, 0.4) is 0 Å². The molecule has 13 heavy (non-hydrogen) atoms. The van der Waals surface area contributed by atoms with Crippen molar-refractivity contribution in [2.24, 2.45) is 11.3 Å². The lowest BCUT2D eigenvalue weighted by atomic mass is 9.79. The summed E-state index contributed by atoms with van der Waals surface area (Å²) in [5.74, 6) is 0.825. The van der Waals surface area contributed by atoms with Crippen molar-refractivity contribution in [2.75, 3.05) is 6.54 Å². The normalized spacial score (nSPS) is 21.9. The molecule has 0 radical (unpaired) electrons. The van der Waals surface area contributed by atoms with Gasteiger partial charge in [-0.25, -0.2) is 0 Å². The standard InChI is InChI=1S/C12H25N/c1-5-12(4,8-10(2)3)9-13-11-6-7-11/h10-11,13H,5-9H2,1-4H3. The third kappa shape index (κ3) is 4.12. The highest BCUT2D eigenvalue weighted by Crippen LogP contribution is 2.30. The molecule has 1 atom stereocenters. The summed E-state index contributed by atoms with van der Waals surface area (Å²) in [6, 6.07) is 0.859. The first-order chi connectivity index (χ1) is 6.06. The van der Waals surface area contributed by atoms with E-state index in [1.807, 2.05) is 0 Å². The fourth-order valence-electron chi connectivity index (χ4n) is 2.01. The Morgan fingerprint density at radius 2 is 2.00 bits per heavy atom. The van der Waals surface area contributed by atoms with Crippen LogP contribution in [0.25, 0.3) is 0 Å². The molecule has 0 bridgehead atoms. The molecule has 0 aromatic heterocycles. The van der Waals surface area contributed by atoms with Crippen LogP contribution in [0.4, 0.5) is 0 Å². The Morgan fingerprint density at radius 3 is 2.38 bits per heavy atom. The molecule has 0 heterocycles. The molecule has 1 rings (SSSR count). The summed E-state index contributed by atoms with van der Waals surface area (Å²) in [4.78, 5) is 0. The summed E-state index contributed by atoms with van der Waals surface area (Å²) in [5, 5.41) is 3.65. The van der Waals surface area contributed by atoms with Gasteiger partial charge >= 0.3 is 0 Å². The monoisotopic (exact) mass is 183 g/mol. The average molecular weight is 183 g/mol. The van der Waals surface area contributed by atoms with Crippen molar-refractivity contribution in [1.29, 1.82) is 0 Å². The minimum Gasteiger partial charge on any atom is -0.313 e. The summed E-state index contributed by atoms with van der Waals surface area (Å²) < 4.78 is 0. The van der Waals surface area contributed by atoms with Crippen LogP contribution in [0.1, 0.15) is 53.4 Å². The fourth-order valence-corrected chi connectivity index (χ4v) is 2.01. The molecular formula is C12H25N. The lowest BCUT2D eigenvalue weighted by Crippen LogP contribution is -2.33. The molecule has 0 aliphatic heterocycles. The number of hydrogen-bond donors (Lipinski definition) is 1. The van der Waals surface area contributed by atoms with E-state index in [1.165, 1.54) is 32.2 Å². The second kappa shape index (κ2) is 4.45. The zero-order valence-corrected chi connectivity index (χ0v) is 9.69. The molecule has 1 saturated carbocycles. The second-order valence-corrected chi connectivity index (χ2v) is 5.42. The van der Waals surface area contributed by atoms with Gasteiger partial charge in [0.25, 0.3) is 0 Å². The van der Waals surface area contributed by atoms with E-state index >= 15 is 0 Å². The Kier molecular flexibility index (Phi) is 3.78. The Balaban J connectivity index is 2.27. The van der Waals surface area contributed by atoms with Crippen LogP contribution in [0.5, 0.6) is 0 Å². The van der Waals surface area contributed by atoms with E-state index in [4.69, 9.17) is 0 Å². The van der Waals surface area contributed by atoms with Gasteiger partial charge in [0, 0.05) is 12.6 Å². The molecule has 1 nitrogen and oxygen atoms in total. The molecule has 0 amide bonds. The third-order valence-corrected chi connectivity index (χ3v) is 3.15. The zero-order chi connectivity index (χ0) is 9.90. The van der Waals surface area contributed by atoms with E-state index in [-0.39, 0.29) is 0 Å². The van der Waals surface area contributed by atoms with Crippen LogP contribution in [0, 0.1) is 11.3 Å². The molecule has 1 aliphatic carbocycles. The first-order valence-corrected chi connectivity index (χ1v) is 5.79. The van der Waals surface area contributed by atoms with E-state index in [0.717, 1.165) is 12.0 Å². The van der Waals surface area contributed by atoms with Gasteiger partial charge in [-0.15, -0.1) is 0 Å². The Bertz CT molecular complexity index is 149. The largest absolute Gasteiger partial charge is 0.313 e. The zero-order valence-electron chi connectivity index (χ0n) is 9.69. The van der Waals surface area contributed by atoms with E-state index in [1.54, 1.807) is 0 Å². The first kappa shape index (κ1) is 11.0. The molecule has 1 unspecified atom stereocenters. The van der Waals surface area contributed by atoms with E-state index in [9.17, 15) is 0 Å². The van der Waals surface area contributed by atoms with Crippen molar-refractivity contribution >= 4 is 0 Å². The minimum absolute atomic E-state index is 0.525. The quantitative estimate of drug-likeness (QED) is 0.667. The number of rotatable bonds is 6. The van der Waals surface area contributed by atoms with Gasteiger partial charge < -0.3 is 5.32 Å². The summed E-state index contributed by atoms with van der Waals surface area (Å²) in [6.45, 7) is 10.6. The van der Waals surface area contributed by atoms with Gasteiger partial charge in [-0.05, 0) is 37.0 Å². The van der Waals surface area contributed by atoms with Crippen LogP contribution in [0.2, 0.25) is 0 Å². The SMILES string of the molecule is CCC(C)(CNC1CC1)CC(C)C. The van der Waals surface area contributed by atoms with Gasteiger partial charge in [0.2, 0.25) is 0 Å². The molecular weight excluding hydrogens is 158 g/mol. The van der Waals surface area contributed by atoms with Gasteiger partial charge in [-0.1, -0.05) is 27.7 Å². The van der Waals surface area contributed by atoms with Crippen molar-refractivity contribution in [2.45, 2.75) is 59.4 Å². The molecule has 1 heteroatoms. The Morgan fingerprint density at radius 1 is 1.38 bits per heavy atom. The molecule has 78 valence electrons. The summed E-state index contributed by atoms with van der Waals surface area (Å²) >= 11 is 0.